The standard InChI is InChI=1S/C10H14BrNS/c1-6-8(4-10(11)13-6)9(5-12)7-2-3-7/h4,7,9H,2-3,5,12H2,1H3. The van der Waals surface area contributed by atoms with E-state index in [9.17, 15) is 0 Å². The Hall–Kier alpha value is 0.140. The highest BCUT2D eigenvalue weighted by Crippen LogP contribution is 2.45. The van der Waals surface area contributed by atoms with Gasteiger partial charge < -0.3 is 5.73 Å². The Labute approximate surface area is 91.5 Å². The van der Waals surface area contributed by atoms with E-state index in [-0.39, 0.29) is 0 Å². The average molecular weight is 260 g/mol. The van der Waals surface area contributed by atoms with Crippen LogP contribution in [0.1, 0.15) is 29.2 Å². The van der Waals surface area contributed by atoms with Crippen molar-refractivity contribution in [2.24, 2.45) is 11.7 Å². The van der Waals surface area contributed by atoms with Crippen molar-refractivity contribution in [1.82, 2.24) is 0 Å². The zero-order chi connectivity index (χ0) is 9.42. The van der Waals surface area contributed by atoms with Gasteiger partial charge >= 0.3 is 0 Å². The summed E-state index contributed by atoms with van der Waals surface area (Å²) >= 11 is 5.35. The summed E-state index contributed by atoms with van der Waals surface area (Å²) in [7, 11) is 0. The van der Waals surface area contributed by atoms with Crippen molar-refractivity contribution in [2.45, 2.75) is 25.7 Å². The second-order valence-corrected chi connectivity index (χ2v) is 6.38. The Morgan fingerprint density at radius 3 is 2.77 bits per heavy atom. The zero-order valence-electron chi connectivity index (χ0n) is 7.72. The first kappa shape index (κ1) is 9.69. The molecule has 1 saturated carbocycles. The minimum Gasteiger partial charge on any atom is -0.330 e. The van der Waals surface area contributed by atoms with E-state index in [1.54, 1.807) is 0 Å². The Morgan fingerprint density at radius 1 is 1.69 bits per heavy atom. The molecule has 1 nitrogen and oxygen atoms in total. The molecule has 0 saturated heterocycles. The second kappa shape index (κ2) is 3.71. The highest BCUT2D eigenvalue weighted by molar-refractivity contribution is 9.11. The number of hydrogen-bond donors (Lipinski definition) is 1. The van der Waals surface area contributed by atoms with E-state index in [2.05, 4.69) is 28.9 Å². The smallest absolute Gasteiger partial charge is 0.0704 e. The average Bonchev–Trinajstić information content (AvgIpc) is 2.82. The molecule has 0 aliphatic heterocycles. The number of nitrogens with two attached hydrogens (primary N) is 1. The number of thiophene rings is 1. The van der Waals surface area contributed by atoms with Gasteiger partial charge in [0.15, 0.2) is 0 Å². The number of rotatable bonds is 3. The van der Waals surface area contributed by atoms with Crippen molar-refractivity contribution in [3.8, 4) is 0 Å². The van der Waals surface area contributed by atoms with Gasteiger partial charge in [-0.15, -0.1) is 11.3 Å². The molecule has 1 unspecified atom stereocenters. The van der Waals surface area contributed by atoms with Crippen LogP contribution in [0.25, 0.3) is 0 Å². The van der Waals surface area contributed by atoms with Crippen LogP contribution in [0.3, 0.4) is 0 Å². The van der Waals surface area contributed by atoms with Gasteiger partial charge in [-0.2, -0.15) is 0 Å². The normalized spacial score (nSPS) is 19.0. The molecule has 1 aliphatic rings. The van der Waals surface area contributed by atoms with Gasteiger partial charge in [-0.1, -0.05) is 0 Å². The predicted molar refractivity (Wildman–Crippen MR) is 61.3 cm³/mol. The monoisotopic (exact) mass is 259 g/mol. The number of halogens is 1. The van der Waals surface area contributed by atoms with Gasteiger partial charge in [0.2, 0.25) is 0 Å². The molecule has 2 rings (SSSR count). The molecule has 0 aromatic carbocycles. The van der Waals surface area contributed by atoms with Crippen LogP contribution >= 0.6 is 27.3 Å². The van der Waals surface area contributed by atoms with Crippen molar-refractivity contribution in [3.63, 3.8) is 0 Å². The summed E-state index contributed by atoms with van der Waals surface area (Å²) in [6.07, 6.45) is 2.74. The lowest BCUT2D eigenvalue weighted by Gasteiger charge is -2.12. The van der Waals surface area contributed by atoms with Crippen LogP contribution in [0.5, 0.6) is 0 Å². The predicted octanol–water partition coefficient (Wildman–Crippen LogP) is 3.27. The Bertz CT molecular complexity index is 304. The molecular weight excluding hydrogens is 246 g/mol. The minimum absolute atomic E-state index is 0.613. The first-order valence-corrected chi connectivity index (χ1v) is 6.29. The summed E-state index contributed by atoms with van der Waals surface area (Å²) in [6.45, 7) is 2.99. The van der Waals surface area contributed by atoms with Crippen LogP contribution in [0.4, 0.5) is 0 Å². The maximum absolute atomic E-state index is 5.81. The quantitative estimate of drug-likeness (QED) is 0.886. The molecule has 1 aromatic rings. The van der Waals surface area contributed by atoms with E-state index in [0.717, 1.165) is 12.5 Å². The van der Waals surface area contributed by atoms with Gasteiger partial charge in [-0.05, 0) is 59.8 Å². The van der Waals surface area contributed by atoms with Gasteiger partial charge in [-0.25, -0.2) is 0 Å². The zero-order valence-corrected chi connectivity index (χ0v) is 10.1. The third-order valence-electron chi connectivity index (χ3n) is 2.77. The number of hydrogen-bond acceptors (Lipinski definition) is 2. The first-order valence-electron chi connectivity index (χ1n) is 4.68. The topological polar surface area (TPSA) is 26.0 Å². The number of aryl methyl sites for hydroxylation is 1. The summed E-state index contributed by atoms with van der Waals surface area (Å²) in [5.74, 6) is 1.48. The maximum Gasteiger partial charge on any atom is 0.0704 e. The van der Waals surface area contributed by atoms with E-state index in [4.69, 9.17) is 5.73 Å². The first-order chi connectivity index (χ1) is 6.22. The Morgan fingerprint density at radius 2 is 2.38 bits per heavy atom. The van der Waals surface area contributed by atoms with Crippen molar-refractivity contribution < 1.29 is 0 Å². The molecule has 3 heteroatoms. The molecular formula is C10H14BrNS. The SMILES string of the molecule is Cc1sc(Br)cc1C(CN)C1CC1. The van der Waals surface area contributed by atoms with Crippen LogP contribution in [0, 0.1) is 12.8 Å². The fraction of sp³-hybridized carbons (Fsp3) is 0.600. The third kappa shape index (κ3) is 1.97. The van der Waals surface area contributed by atoms with E-state index < -0.39 is 0 Å². The second-order valence-electron chi connectivity index (χ2n) is 3.74. The molecule has 2 N–H and O–H groups in total. The van der Waals surface area contributed by atoms with Gasteiger partial charge in [0.25, 0.3) is 0 Å². The van der Waals surface area contributed by atoms with E-state index in [1.807, 2.05) is 11.3 Å². The van der Waals surface area contributed by atoms with E-state index in [1.165, 1.54) is 27.1 Å². The van der Waals surface area contributed by atoms with E-state index in [0.29, 0.717) is 5.92 Å². The van der Waals surface area contributed by atoms with Gasteiger partial charge in [0, 0.05) is 10.8 Å². The van der Waals surface area contributed by atoms with Crippen molar-refractivity contribution in [3.05, 3.63) is 20.3 Å². The highest BCUT2D eigenvalue weighted by atomic mass is 79.9. The summed E-state index contributed by atoms with van der Waals surface area (Å²) in [6, 6.07) is 2.25. The summed E-state index contributed by atoms with van der Waals surface area (Å²) in [5, 5.41) is 0. The highest BCUT2D eigenvalue weighted by Gasteiger charge is 2.32. The molecule has 72 valence electrons. The Balaban J connectivity index is 2.25. The van der Waals surface area contributed by atoms with Crippen molar-refractivity contribution in [2.75, 3.05) is 6.54 Å². The lowest BCUT2D eigenvalue weighted by Crippen LogP contribution is -2.14. The molecule has 1 atom stereocenters. The third-order valence-corrected chi connectivity index (χ3v) is 4.34. The van der Waals surface area contributed by atoms with Crippen LogP contribution in [0.15, 0.2) is 9.85 Å². The minimum atomic E-state index is 0.613. The molecule has 13 heavy (non-hydrogen) atoms. The molecule has 0 radical (unpaired) electrons. The largest absolute Gasteiger partial charge is 0.330 e. The van der Waals surface area contributed by atoms with Crippen molar-refractivity contribution in [1.29, 1.82) is 0 Å². The summed E-state index contributed by atoms with van der Waals surface area (Å²) in [5.41, 5.74) is 7.29. The molecule has 0 spiro atoms. The Kier molecular flexibility index (Phi) is 2.77. The summed E-state index contributed by atoms with van der Waals surface area (Å²) < 4.78 is 1.24. The van der Waals surface area contributed by atoms with Gasteiger partial charge in [-0.3, -0.25) is 0 Å². The van der Waals surface area contributed by atoms with Gasteiger partial charge in [0.05, 0.1) is 3.79 Å². The maximum atomic E-state index is 5.81. The van der Waals surface area contributed by atoms with Crippen molar-refractivity contribution >= 4 is 27.3 Å². The molecule has 0 amide bonds. The molecule has 1 aromatic heterocycles. The summed E-state index contributed by atoms with van der Waals surface area (Å²) in [4.78, 5) is 1.43. The molecule has 1 aliphatic carbocycles. The molecule has 1 fully saturated rings. The lowest BCUT2D eigenvalue weighted by atomic mass is 9.95. The van der Waals surface area contributed by atoms with Crippen LogP contribution in [0.2, 0.25) is 0 Å². The lowest BCUT2D eigenvalue weighted by molar-refractivity contribution is 0.615. The van der Waals surface area contributed by atoms with Crippen LogP contribution in [-0.4, -0.2) is 6.54 Å². The van der Waals surface area contributed by atoms with Crippen LogP contribution in [-0.2, 0) is 0 Å². The fourth-order valence-corrected chi connectivity index (χ4v) is 3.68. The van der Waals surface area contributed by atoms with Gasteiger partial charge in [0.1, 0.15) is 0 Å². The molecule has 0 bridgehead atoms. The van der Waals surface area contributed by atoms with Crippen LogP contribution < -0.4 is 5.73 Å². The fourth-order valence-electron chi connectivity index (χ4n) is 1.90. The van der Waals surface area contributed by atoms with E-state index >= 15 is 0 Å². The molecule has 1 heterocycles.